The third-order valence-electron chi connectivity index (χ3n) is 4.83. The van der Waals surface area contributed by atoms with Gasteiger partial charge in [-0.05, 0) is 44.0 Å². The number of hydrogen-bond acceptors (Lipinski definition) is 4. The van der Waals surface area contributed by atoms with Crippen LogP contribution in [-0.2, 0) is 0 Å². The Morgan fingerprint density at radius 3 is 2.92 bits per heavy atom. The number of carbonyl (C=O) groups excluding carboxylic acids is 1. The van der Waals surface area contributed by atoms with E-state index in [1.807, 2.05) is 64.9 Å². The molecule has 1 aromatic carbocycles. The molecule has 0 N–H and O–H groups in total. The van der Waals surface area contributed by atoms with E-state index < -0.39 is 0 Å². The fourth-order valence-corrected chi connectivity index (χ4v) is 3.61. The Morgan fingerprint density at radius 1 is 1.19 bits per heavy atom. The van der Waals surface area contributed by atoms with Crippen LogP contribution < -0.4 is 4.74 Å². The van der Waals surface area contributed by atoms with Gasteiger partial charge in [0.05, 0.1) is 12.2 Å². The number of para-hydroxylation sites is 1. The van der Waals surface area contributed by atoms with Gasteiger partial charge in [-0.15, -0.1) is 10.2 Å². The summed E-state index contributed by atoms with van der Waals surface area (Å²) in [5.74, 6) is 1.78. The van der Waals surface area contributed by atoms with Crippen LogP contribution in [0.3, 0.4) is 0 Å². The van der Waals surface area contributed by atoms with Crippen LogP contribution in [0.1, 0.15) is 41.9 Å². The van der Waals surface area contributed by atoms with Gasteiger partial charge in [0.25, 0.3) is 5.91 Å². The van der Waals surface area contributed by atoms with E-state index in [4.69, 9.17) is 4.74 Å². The smallest absolute Gasteiger partial charge is 0.257 e. The van der Waals surface area contributed by atoms with Gasteiger partial charge in [0, 0.05) is 25.2 Å². The molecule has 2 aromatic heterocycles. The molecule has 4 rings (SSSR count). The lowest BCUT2D eigenvalue weighted by molar-refractivity contribution is 0.0700. The van der Waals surface area contributed by atoms with Crippen molar-refractivity contribution in [1.29, 1.82) is 0 Å². The fraction of sp³-hybridized carbons (Fsp3) is 0.350. The van der Waals surface area contributed by atoms with Crippen molar-refractivity contribution in [3.63, 3.8) is 0 Å². The Kier molecular flexibility index (Phi) is 4.56. The average Bonchev–Trinajstić information content (AvgIpc) is 3.12. The van der Waals surface area contributed by atoms with Gasteiger partial charge in [-0.25, -0.2) is 0 Å². The number of benzene rings is 1. The number of likely N-dealkylation sites (tertiary alicyclic amines) is 1. The Labute approximate surface area is 152 Å². The first-order valence-electron chi connectivity index (χ1n) is 9.08. The zero-order chi connectivity index (χ0) is 17.9. The Morgan fingerprint density at radius 2 is 2.04 bits per heavy atom. The van der Waals surface area contributed by atoms with Crippen LogP contribution in [0.2, 0.25) is 0 Å². The molecule has 6 heteroatoms. The third-order valence-corrected chi connectivity index (χ3v) is 4.83. The topological polar surface area (TPSA) is 59.7 Å². The number of aromatic nitrogens is 3. The molecule has 0 aliphatic carbocycles. The highest BCUT2D eigenvalue weighted by Gasteiger charge is 2.29. The standard InChI is InChI=1S/C20H22N4O2/c1-2-26-17-10-4-3-9-16(17)20(25)23-12-7-8-15(14-23)19-22-21-18-11-5-6-13-24(18)19/h3-6,9-11,13,15H,2,7-8,12,14H2,1H3. The van der Waals surface area contributed by atoms with Crippen molar-refractivity contribution in [2.75, 3.05) is 19.7 Å². The van der Waals surface area contributed by atoms with Crippen LogP contribution in [0.4, 0.5) is 0 Å². The zero-order valence-electron chi connectivity index (χ0n) is 14.8. The minimum atomic E-state index is 0.0209. The van der Waals surface area contributed by atoms with Crippen molar-refractivity contribution < 1.29 is 9.53 Å². The summed E-state index contributed by atoms with van der Waals surface area (Å²) in [5, 5.41) is 8.63. The van der Waals surface area contributed by atoms with Gasteiger partial charge in [-0.3, -0.25) is 9.20 Å². The lowest BCUT2D eigenvalue weighted by Crippen LogP contribution is -2.39. The molecule has 0 saturated carbocycles. The van der Waals surface area contributed by atoms with Crippen LogP contribution in [-0.4, -0.2) is 45.1 Å². The number of pyridine rings is 1. The van der Waals surface area contributed by atoms with E-state index in [-0.39, 0.29) is 11.8 Å². The maximum Gasteiger partial charge on any atom is 0.257 e. The summed E-state index contributed by atoms with van der Waals surface area (Å²) >= 11 is 0. The lowest BCUT2D eigenvalue weighted by Gasteiger charge is -2.32. The lowest BCUT2D eigenvalue weighted by atomic mass is 9.96. The molecular formula is C20H22N4O2. The number of ether oxygens (including phenoxy) is 1. The Balaban J connectivity index is 1.58. The minimum absolute atomic E-state index is 0.0209. The van der Waals surface area contributed by atoms with Crippen LogP contribution in [0.15, 0.2) is 48.7 Å². The molecule has 1 aliphatic heterocycles. The predicted octanol–water partition coefficient (Wildman–Crippen LogP) is 3.15. The summed E-state index contributed by atoms with van der Waals surface area (Å²) in [6.45, 7) is 3.87. The van der Waals surface area contributed by atoms with Crippen LogP contribution >= 0.6 is 0 Å². The van der Waals surface area contributed by atoms with Gasteiger partial charge in [-0.2, -0.15) is 0 Å². The first-order valence-corrected chi connectivity index (χ1v) is 9.08. The van der Waals surface area contributed by atoms with Crippen LogP contribution in [0.25, 0.3) is 5.65 Å². The molecule has 134 valence electrons. The van der Waals surface area contributed by atoms with Crippen molar-refractivity contribution >= 4 is 11.6 Å². The van der Waals surface area contributed by atoms with Crippen LogP contribution in [0, 0.1) is 0 Å². The second kappa shape index (κ2) is 7.15. The maximum absolute atomic E-state index is 13.1. The number of hydrogen-bond donors (Lipinski definition) is 0. The summed E-state index contributed by atoms with van der Waals surface area (Å²) < 4.78 is 7.65. The van der Waals surface area contributed by atoms with Gasteiger partial charge in [0.2, 0.25) is 0 Å². The van der Waals surface area contributed by atoms with E-state index in [1.54, 1.807) is 0 Å². The van der Waals surface area contributed by atoms with Gasteiger partial charge in [0.1, 0.15) is 11.6 Å². The maximum atomic E-state index is 13.1. The largest absolute Gasteiger partial charge is 0.493 e. The number of carbonyl (C=O) groups is 1. The first-order chi connectivity index (χ1) is 12.8. The molecular weight excluding hydrogens is 328 g/mol. The normalized spacial score (nSPS) is 17.4. The van der Waals surface area contributed by atoms with Gasteiger partial charge >= 0.3 is 0 Å². The first kappa shape index (κ1) is 16.6. The molecule has 0 spiro atoms. The van der Waals surface area contributed by atoms with Crippen LogP contribution in [0.5, 0.6) is 5.75 Å². The molecule has 0 bridgehead atoms. The highest BCUT2D eigenvalue weighted by Crippen LogP contribution is 2.28. The summed E-state index contributed by atoms with van der Waals surface area (Å²) in [6, 6.07) is 13.3. The molecule has 3 aromatic rings. The molecule has 1 fully saturated rings. The molecule has 1 unspecified atom stereocenters. The molecule has 1 saturated heterocycles. The number of nitrogens with zero attached hydrogens (tertiary/aromatic N) is 4. The van der Waals surface area contributed by atoms with E-state index in [2.05, 4.69) is 10.2 Å². The van der Waals surface area contributed by atoms with Crippen molar-refractivity contribution in [1.82, 2.24) is 19.5 Å². The van der Waals surface area contributed by atoms with Gasteiger partial charge in [-0.1, -0.05) is 18.2 Å². The quantitative estimate of drug-likeness (QED) is 0.725. The van der Waals surface area contributed by atoms with Crippen molar-refractivity contribution in [3.8, 4) is 5.75 Å². The third kappa shape index (κ3) is 3.03. The number of amides is 1. The van der Waals surface area contributed by atoms with E-state index >= 15 is 0 Å². The molecule has 26 heavy (non-hydrogen) atoms. The zero-order valence-corrected chi connectivity index (χ0v) is 14.8. The molecule has 3 heterocycles. The summed E-state index contributed by atoms with van der Waals surface area (Å²) in [5.41, 5.74) is 1.47. The molecule has 1 aliphatic rings. The van der Waals surface area contributed by atoms with Crippen molar-refractivity contribution in [2.45, 2.75) is 25.7 Å². The number of rotatable bonds is 4. The molecule has 0 radical (unpaired) electrons. The van der Waals surface area contributed by atoms with Crippen molar-refractivity contribution in [2.24, 2.45) is 0 Å². The summed E-state index contributed by atoms with van der Waals surface area (Å²) in [6.07, 6.45) is 3.94. The van der Waals surface area contributed by atoms with E-state index in [0.29, 0.717) is 24.5 Å². The van der Waals surface area contributed by atoms with E-state index in [9.17, 15) is 4.79 Å². The van der Waals surface area contributed by atoms with Crippen molar-refractivity contribution in [3.05, 3.63) is 60.0 Å². The Hall–Kier alpha value is -2.89. The van der Waals surface area contributed by atoms with E-state index in [1.165, 1.54) is 0 Å². The monoisotopic (exact) mass is 350 g/mol. The summed E-state index contributed by atoms with van der Waals surface area (Å²) in [7, 11) is 0. The second-order valence-electron chi connectivity index (χ2n) is 6.51. The van der Waals surface area contributed by atoms with Gasteiger partial charge < -0.3 is 9.64 Å². The predicted molar refractivity (Wildman–Crippen MR) is 98.5 cm³/mol. The fourth-order valence-electron chi connectivity index (χ4n) is 3.61. The molecule has 1 atom stereocenters. The Bertz CT molecular complexity index is 921. The minimum Gasteiger partial charge on any atom is -0.493 e. The van der Waals surface area contributed by atoms with Gasteiger partial charge in [0.15, 0.2) is 5.65 Å². The highest BCUT2D eigenvalue weighted by atomic mass is 16.5. The molecule has 6 nitrogen and oxygen atoms in total. The average molecular weight is 350 g/mol. The number of piperidine rings is 1. The summed E-state index contributed by atoms with van der Waals surface area (Å²) in [4.78, 5) is 15.0. The van der Waals surface area contributed by atoms with E-state index in [0.717, 1.165) is 30.9 Å². The number of fused-ring (bicyclic) bond motifs is 1. The second-order valence-corrected chi connectivity index (χ2v) is 6.51. The molecule has 1 amide bonds. The highest BCUT2D eigenvalue weighted by molar-refractivity contribution is 5.97. The SMILES string of the molecule is CCOc1ccccc1C(=O)N1CCCC(c2nnc3ccccn23)C1.